The largest absolute Gasteiger partial charge is 0.381 e. The molecular formula is C19H31N3O. The molecule has 4 nitrogen and oxygen atoms in total. The maximum absolute atomic E-state index is 5.64. The highest BCUT2D eigenvalue weighted by molar-refractivity contribution is 5.37. The SMILES string of the molecule is CCN(CC1CCN(c2ccccn2)CC1)CC1CCCOC1. The Morgan fingerprint density at radius 2 is 2.00 bits per heavy atom. The predicted octanol–water partition coefficient (Wildman–Crippen LogP) is 3.05. The van der Waals surface area contributed by atoms with Crippen molar-refractivity contribution in [2.75, 3.05) is 50.8 Å². The lowest BCUT2D eigenvalue weighted by Gasteiger charge is -2.36. The molecule has 128 valence electrons. The highest BCUT2D eigenvalue weighted by atomic mass is 16.5. The van der Waals surface area contributed by atoms with Crippen LogP contribution in [0.25, 0.3) is 0 Å². The summed E-state index contributed by atoms with van der Waals surface area (Å²) in [7, 11) is 0. The minimum atomic E-state index is 0.748. The molecule has 0 bridgehead atoms. The molecule has 0 radical (unpaired) electrons. The van der Waals surface area contributed by atoms with E-state index in [2.05, 4.69) is 33.8 Å². The van der Waals surface area contributed by atoms with Gasteiger partial charge in [-0.15, -0.1) is 0 Å². The van der Waals surface area contributed by atoms with Crippen LogP contribution in [0.3, 0.4) is 0 Å². The van der Waals surface area contributed by atoms with Crippen LogP contribution in [0, 0.1) is 11.8 Å². The second kappa shape index (κ2) is 8.65. The molecule has 1 atom stereocenters. The van der Waals surface area contributed by atoms with E-state index < -0.39 is 0 Å². The summed E-state index contributed by atoms with van der Waals surface area (Å²) in [6.45, 7) is 10.2. The highest BCUT2D eigenvalue weighted by Crippen LogP contribution is 2.23. The lowest BCUT2D eigenvalue weighted by Crippen LogP contribution is -2.41. The molecule has 0 aliphatic carbocycles. The topological polar surface area (TPSA) is 28.6 Å². The van der Waals surface area contributed by atoms with Crippen molar-refractivity contribution < 1.29 is 4.74 Å². The van der Waals surface area contributed by atoms with Crippen LogP contribution in [0.2, 0.25) is 0 Å². The predicted molar refractivity (Wildman–Crippen MR) is 94.8 cm³/mol. The van der Waals surface area contributed by atoms with Crippen LogP contribution in [0.1, 0.15) is 32.6 Å². The lowest BCUT2D eigenvalue weighted by molar-refractivity contribution is 0.0362. The molecule has 1 aromatic heterocycles. The minimum absolute atomic E-state index is 0.748. The zero-order valence-corrected chi connectivity index (χ0v) is 14.5. The zero-order valence-electron chi connectivity index (χ0n) is 14.5. The van der Waals surface area contributed by atoms with E-state index in [1.165, 1.54) is 38.8 Å². The molecule has 4 heteroatoms. The number of hydrogen-bond acceptors (Lipinski definition) is 4. The van der Waals surface area contributed by atoms with E-state index in [-0.39, 0.29) is 0 Å². The monoisotopic (exact) mass is 317 g/mol. The van der Waals surface area contributed by atoms with E-state index >= 15 is 0 Å². The van der Waals surface area contributed by atoms with Gasteiger partial charge in [-0.3, -0.25) is 0 Å². The fraction of sp³-hybridized carbons (Fsp3) is 0.737. The summed E-state index contributed by atoms with van der Waals surface area (Å²) in [4.78, 5) is 9.57. The second-order valence-corrected chi connectivity index (χ2v) is 7.05. The average molecular weight is 317 g/mol. The molecule has 0 aromatic carbocycles. The summed E-state index contributed by atoms with van der Waals surface area (Å²) < 4.78 is 5.64. The van der Waals surface area contributed by atoms with Crippen LogP contribution in [-0.2, 0) is 4.74 Å². The first-order valence-electron chi connectivity index (χ1n) is 9.31. The molecule has 3 rings (SSSR count). The van der Waals surface area contributed by atoms with Gasteiger partial charge in [0, 0.05) is 39.0 Å². The van der Waals surface area contributed by atoms with Gasteiger partial charge in [-0.25, -0.2) is 4.98 Å². The van der Waals surface area contributed by atoms with Gasteiger partial charge in [0.15, 0.2) is 0 Å². The van der Waals surface area contributed by atoms with Crippen LogP contribution < -0.4 is 4.90 Å². The molecule has 1 unspecified atom stereocenters. The summed E-state index contributed by atoms with van der Waals surface area (Å²) >= 11 is 0. The van der Waals surface area contributed by atoms with Crippen molar-refractivity contribution in [3.63, 3.8) is 0 Å². The van der Waals surface area contributed by atoms with Crippen molar-refractivity contribution in [1.29, 1.82) is 0 Å². The Hall–Kier alpha value is -1.13. The number of rotatable bonds is 6. The lowest BCUT2D eigenvalue weighted by atomic mass is 9.95. The van der Waals surface area contributed by atoms with Crippen molar-refractivity contribution in [2.24, 2.45) is 11.8 Å². The fourth-order valence-corrected chi connectivity index (χ4v) is 3.90. The third-order valence-electron chi connectivity index (χ3n) is 5.32. The van der Waals surface area contributed by atoms with Crippen molar-refractivity contribution in [3.05, 3.63) is 24.4 Å². The van der Waals surface area contributed by atoms with Gasteiger partial charge < -0.3 is 14.5 Å². The molecule has 0 saturated carbocycles. The summed E-state index contributed by atoms with van der Waals surface area (Å²) in [5.41, 5.74) is 0. The Kier molecular flexibility index (Phi) is 6.29. The molecule has 0 N–H and O–H groups in total. The molecule has 2 fully saturated rings. The van der Waals surface area contributed by atoms with Gasteiger partial charge in [-0.05, 0) is 56.2 Å². The van der Waals surface area contributed by atoms with Crippen LogP contribution in [-0.4, -0.2) is 55.8 Å². The van der Waals surface area contributed by atoms with Gasteiger partial charge >= 0.3 is 0 Å². The number of pyridine rings is 1. The molecule has 0 amide bonds. The zero-order chi connectivity index (χ0) is 15.9. The molecule has 3 heterocycles. The van der Waals surface area contributed by atoms with Crippen molar-refractivity contribution in [2.45, 2.75) is 32.6 Å². The molecule has 23 heavy (non-hydrogen) atoms. The van der Waals surface area contributed by atoms with Crippen LogP contribution >= 0.6 is 0 Å². The fourth-order valence-electron chi connectivity index (χ4n) is 3.90. The summed E-state index contributed by atoms with van der Waals surface area (Å²) in [6, 6.07) is 6.20. The Bertz CT molecular complexity index is 439. The van der Waals surface area contributed by atoms with Crippen molar-refractivity contribution >= 4 is 5.82 Å². The average Bonchev–Trinajstić information content (AvgIpc) is 2.63. The molecular weight excluding hydrogens is 286 g/mol. The van der Waals surface area contributed by atoms with E-state index in [4.69, 9.17) is 4.74 Å². The number of ether oxygens (including phenoxy) is 1. The first-order chi connectivity index (χ1) is 11.3. The molecule has 2 aliphatic heterocycles. The van der Waals surface area contributed by atoms with Gasteiger partial charge in [-0.2, -0.15) is 0 Å². The third kappa shape index (κ3) is 4.92. The highest BCUT2D eigenvalue weighted by Gasteiger charge is 2.23. The maximum Gasteiger partial charge on any atom is 0.128 e. The van der Waals surface area contributed by atoms with Gasteiger partial charge in [0.05, 0.1) is 6.61 Å². The van der Waals surface area contributed by atoms with Crippen molar-refractivity contribution in [1.82, 2.24) is 9.88 Å². The van der Waals surface area contributed by atoms with E-state index in [1.807, 2.05) is 12.3 Å². The molecule has 1 aromatic rings. The van der Waals surface area contributed by atoms with E-state index in [0.717, 1.165) is 50.5 Å². The van der Waals surface area contributed by atoms with E-state index in [9.17, 15) is 0 Å². The number of nitrogens with zero attached hydrogens (tertiary/aromatic N) is 3. The summed E-state index contributed by atoms with van der Waals surface area (Å²) in [5.74, 6) is 2.72. The van der Waals surface area contributed by atoms with E-state index in [1.54, 1.807) is 0 Å². The Balaban J connectivity index is 1.43. The van der Waals surface area contributed by atoms with Crippen molar-refractivity contribution in [3.8, 4) is 0 Å². The molecule has 0 spiro atoms. The standard InChI is InChI=1S/C19H31N3O/c1-2-21(15-18-6-5-13-23-16-18)14-17-8-11-22(12-9-17)19-7-3-4-10-20-19/h3-4,7,10,17-18H,2,5-6,8-9,11-16H2,1H3. The molecule has 2 aliphatic rings. The summed E-state index contributed by atoms with van der Waals surface area (Å²) in [5, 5.41) is 0. The van der Waals surface area contributed by atoms with Crippen LogP contribution in [0.5, 0.6) is 0 Å². The maximum atomic E-state index is 5.64. The quantitative estimate of drug-likeness (QED) is 0.806. The number of aromatic nitrogens is 1. The smallest absolute Gasteiger partial charge is 0.128 e. The third-order valence-corrected chi connectivity index (χ3v) is 5.32. The van der Waals surface area contributed by atoms with Crippen LogP contribution in [0.15, 0.2) is 24.4 Å². The number of piperidine rings is 1. The molecule has 2 saturated heterocycles. The Morgan fingerprint density at radius 1 is 1.17 bits per heavy atom. The van der Waals surface area contributed by atoms with Gasteiger partial charge in [0.1, 0.15) is 5.82 Å². The van der Waals surface area contributed by atoms with Crippen LogP contribution in [0.4, 0.5) is 5.82 Å². The van der Waals surface area contributed by atoms with Gasteiger partial charge in [0.25, 0.3) is 0 Å². The first kappa shape index (κ1) is 16.7. The first-order valence-corrected chi connectivity index (χ1v) is 9.31. The van der Waals surface area contributed by atoms with E-state index in [0.29, 0.717) is 0 Å². The number of hydrogen-bond donors (Lipinski definition) is 0. The number of anilines is 1. The normalized spacial score (nSPS) is 23.4. The van der Waals surface area contributed by atoms with Gasteiger partial charge in [-0.1, -0.05) is 13.0 Å². The Labute approximate surface area is 140 Å². The second-order valence-electron chi connectivity index (χ2n) is 7.05. The minimum Gasteiger partial charge on any atom is -0.381 e. The summed E-state index contributed by atoms with van der Waals surface area (Å²) in [6.07, 6.45) is 7.05. The Morgan fingerprint density at radius 3 is 2.65 bits per heavy atom. The van der Waals surface area contributed by atoms with Gasteiger partial charge in [0.2, 0.25) is 0 Å².